The minimum absolute atomic E-state index is 0.0927. The molecule has 1 saturated heterocycles. The van der Waals surface area contributed by atoms with E-state index in [4.69, 9.17) is 0 Å². The lowest BCUT2D eigenvalue weighted by molar-refractivity contribution is -0.138. The molecule has 2 aromatic carbocycles. The first-order chi connectivity index (χ1) is 18.6. The highest BCUT2D eigenvalue weighted by atomic mass is 19.4. The van der Waals surface area contributed by atoms with Crippen LogP contribution in [-0.2, 0) is 19.3 Å². The van der Waals surface area contributed by atoms with Gasteiger partial charge in [0, 0.05) is 74.0 Å². The van der Waals surface area contributed by atoms with Gasteiger partial charge in [-0.1, -0.05) is 24.0 Å². The largest absolute Gasteiger partial charge is 0.416 e. The number of amides is 1. The maximum Gasteiger partial charge on any atom is 0.416 e. The normalized spacial score (nSPS) is 14.5. The van der Waals surface area contributed by atoms with E-state index in [1.165, 1.54) is 12.1 Å². The van der Waals surface area contributed by atoms with Crippen molar-refractivity contribution in [1.29, 1.82) is 0 Å². The van der Waals surface area contributed by atoms with Crippen molar-refractivity contribution in [3.8, 4) is 11.8 Å². The smallest absolute Gasteiger partial charge is 0.322 e. The number of likely N-dealkylation sites (N-methyl/N-ethyl adjacent to an activating group) is 1. The Morgan fingerprint density at radius 1 is 1.03 bits per heavy atom. The second-order valence-corrected chi connectivity index (χ2v) is 9.80. The van der Waals surface area contributed by atoms with E-state index < -0.39 is 17.6 Å². The van der Waals surface area contributed by atoms with Gasteiger partial charge in [-0.15, -0.1) is 0 Å². The number of aryl methyl sites for hydroxylation is 1. The maximum atomic E-state index is 13.9. The number of carbonyl (C=O) groups excluding carboxylic acids is 1. The average molecular weight is 536 g/mol. The molecule has 6 nitrogen and oxygen atoms in total. The van der Waals surface area contributed by atoms with Crippen LogP contribution < -0.4 is 10.6 Å². The number of benzene rings is 2. The Balaban J connectivity index is 1.52. The number of nitrogens with zero attached hydrogens (tertiary/aromatic N) is 3. The van der Waals surface area contributed by atoms with Gasteiger partial charge in [-0.2, -0.15) is 13.2 Å². The Morgan fingerprint density at radius 2 is 1.79 bits per heavy atom. The fourth-order valence-electron chi connectivity index (χ4n) is 4.40. The van der Waals surface area contributed by atoms with Gasteiger partial charge in [-0.3, -0.25) is 14.7 Å². The van der Waals surface area contributed by atoms with Crippen LogP contribution >= 0.6 is 0 Å². The second kappa shape index (κ2) is 12.4. The standard InChI is InChI=1S/C30H32F3N5O/c1-21-4-6-25(15-24(21)7-5-22-14-23(17-34-2)19-35-18-22)29(39)36-27-9-8-26(28(16-27)30(31,32)33)20-38-12-10-37(3)11-13-38/h4,6,8-9,14-16,18-19,34H,10-13,17,20H2,1-3H3,(H,36,39). The zero-order valence-electron chi connectivity index (χ0n) is 22.3. The Labute approximate surface area is 227 Å². The van der Waals surface area contributed by atoms with Gasteiger partial charge in [-0.25, -0.2) is 0 Å². The molecular formula is C30H32F3N5O. The SMILES string of the molecule is CNCc1cncc(C#Cc2cc(C(=O)Nc3ccc(CN4CCN(C)CC4)c(C(F)(F)F)c3)ccc2C)c1. The monoisotopic (exact) mass is 535 g/mol. The lowest BCUT2D eigenvalue weighted by Crippen LogP contribution is -2.44. The molecule has 0 atom stereocenters. The van der Waals surface area contributed by atoms with Crippen LogP contribution in [0.25, 0.3) is 0 Å². The van der Waals surface area contributed by atoms with Crippen molar-refractivity contribution >= 4 is 11.6 Å². The molecule has 0 bridgehead atoms. The molecule has 3 aromatic rings. The van der Waals surface area contributed by atoms with Gasteiger partial charge in [0.15, 0.2) is 0 Å². The molecule has 0 unspecified atom stereocenters. The van der Waals surface area contributed by atoms with E-state index in [2.05, 4.69) is 32.4 Å². The third-order valence-electron chi connectivity index (χ3n) is 6.68. The van der Waals surface area contributed by atoms with Crippen molar-refractivity contribution in [2.24, 2.45) is 0 Å². The summed E-state index contributed by atoms with van der Waals surface area (Å²) in [5, 5.41) is 5.69. The molecule has 1 amide bonds. The summed E-state index contributed by atoms with van der Waals surface area (Å²) < 4.78 is 41.8. The molecule has 204 valence electrons. The van der Waals surface area contributed by atoms with Gasteiger partial charge >= 0.3 is 6.18 Å². The van der Waals surface area contributed by atoms with Gasteiger partial charge in [0.1, 0.15) is 0 Å². The lowest BCUT2D eigenvalue weighted by Gasteiger charge is -2.33. The number of piperazine rings is 1. The average Bonchev–Trinajstić information content (AvgIpc) is 2.90. The zero-order chi connectivity index (χ0) is 28.0. The predicted molar refractivity (Wildman–Crippen MR) is 146 cm³/mol. The molecule has 4 rings (SSSR count). The molecule has 1 fully saturated rings. The van der Waals surface area contributed by atoms with Crippen LogP contribution in [0.15, 0.2) is 54.9 Å². The van der Waals surface area contributed by atoms with E-state index in [-0.39, 0.29) is 17.8 Å². The van der Waals surface area contributed by atoms with Crippen molar-refractivity contribution in [3.63, 3.8) is 0 Å². The van der Waals surface area contributed by atoms with Crippen molar-refractivity contribution < 1.29 is 18.0 Å². The molecule has 0 saturated carbocycles. The predicted octanol–water partition coefficient (Wildman–Crippen LogP) is 4.53. The van der Waals surface area contributed by atoms with Crippen molar-refractivity contribution in [3.05, 3.63) is 93.8 Å². The number of aromatic nitrogens is 1. The van der Waals surface area contributed by atoms with Crippen LogP contribution in [0.5, 0.6) is 0 Å². The van der Waals surface area contributed by atoms with Crippen LogP contribution in [0.3, 0.4) is 0 Å². The molecule has 2 heterocycles. The molecule has 2 N–H and O–H groups in total. The van der Waals surface area contributed by atoms with Crippen LogP contribution in [-0.4, -0.2) is 61.0 Å². The molecule has 0 radical (unpaired) electrons. The zero-order valence-corrected chi connectivity index (χ0v) is 22.3. The summed E-state index contributed by atoms with van der Waals surface area (Å²) >= 11 is 0. The summed E-state index contributed by atoms with van der Waals surface area (Å²) in [5.41, 5.74) is 3.15. The summed E-state index contributed by atoms with van der Waals surface area (Å²) in [4.78, 5) is 21.4. The first kappa shape index (κ1) is 28.3. The maximum absolute atomic E-state index is 13.9. The number of anilines is 1. The van der Waals surface area contributed by atoms with Crippen LogP contribution in [0.4, 0.5) is 18.9 Å². The molecule has 39 heavy (non-hydrogen) atoms. The summed E-state index contributed by atoms with van der Waals surface area (Å²) in [6, 6.07) is 11.0. The number of halogens is 3. The first-order valence-corrected chi connectivity index (χ1v) is 12.8. The number of hydrogen-bond acceptors (Lipinski definition) is 5. The number of hydrogen-bond donors (Lipinski definition) is 2. The van der Waals surface area contributed by atoms with E-state index in [0.29, 0.717) is 30.8 Å². The van der Waals surface area contributed by atoms with Crippen LogP contribution in [0.1, 0.15) is 43.7 Å². The van der Waals surface area contributed by atoms with E-state index in [1.807, 2.05) is 32.0 Å². The second-order valence-electron chi connectivity index (χ2n) is 9.80. The Hall–Kier alpha value is -3.71. The van der Waals surface area contributed by atoms with Gasteiger partial charge in [0.25, 0.3) is 5.91 Å². The lowest BCUT2D eigenvalue weighted by atomic mass is 10.0. The van der Waals surface area contributed by atoms with Gasteiger partial charge in [-0.05, 0) is 68.0 Å². The third kappa shape index (κ3) is 7.67. The Kier molecular flexibility index (Phi) is 9.02. The fourth-order valence-corrected chi connectivity index (χ4v) is 4.40. The molecule has 0 aliphatic carbocycles. The molecule has 0 spiro atoms. The Bertz CT molecular complexity index is 1390. The van der Waals surface area contributed by atoms with E-state index >= 15 is 0 Å². The van der Waals surface area contributed by atoms with Crippen LogP contribution in [0.2, 0.25) is 0 Å². The summed E-state index contributed by atoms with van der Waals surface area (Å²) in [6.07, 6.45) is -1.10. The minimum Gasteiger partial charge on any atom is -0.322 e. The molecular weight excluding hydrogens is 503 g/mol. The number of alkyl halides is 3. The highest BCUT2D eigenvalue weighted by Gasteiger charge is 2.34. The third-order valence-corrected chi connectivity index (χ3v) is 6.68. The van der Waals surface area contributed by atoms with E-state index in [0.717, 1.165) is 35.8 Å². The fraction of sp³-hybridized carbons (Fsp3) is 0.333. The van der Waals surface area contributed by atoms with Gasteiger partial charge in [0.05, 0.1) is 5.56 Å². The molecule has 9 heteroatoms. The summed E-state index contributed by atoms with van der Waals surface area (Å²) in [7, 11) is 3.85. The van der Waals surface area contributed by atoms with E-state index in [9.17, 15) is 18.0 Å². The summed E-state index contributed by atoms with van der Waals surface area (Å²) in [6.45, 7) is 5.83. The van der Waals surface area contributed by atoms with Crippen LogP contribution in [0, 0.1) is 18.8 Å². The highest BCUT2D eigenvalue weighted by molar-refractivity contribution is 6.04. The summed E-state index contributed by atoms with van der Waals surface area (Å²) in [5.74, 6) is 5.66. The van der Waals surface area contributed by atoms with Gasteiger partial charge in [0.2, 0.25) is 0 Å². The highest BCUT2D eigenvalue weighted by Crippen LogP contribution is 2.34. The molecule has 1 aliphatic rings. The molecule has 1 aliphatic heterocycles. The number of rotatable bonds is 6. The van der Waals surface area contributed by atoms with Crippen molar-refractivity contribution in [2.75, 3.05) is 45.6 Å². The number of pyridine rings is 1. The topological polar surface area (TPSA) is 60.5 Å². The van der Waals surface area contributed by atoms with Gasteiger partial charge < -0.3 is 15.5 Å². The quantitative estimate of drug-likeness (QED) is 0.455. The van der Waals surface area contributed by atoms with Crippen molar-refractivity contribution in [2.45, 2.75) is 26.2 Å². The minimum atomic E-state index is -4.53. The van der Waals surface area contributed by atoms with E-state index in [1.54, 1.807) is 30.6 Å². The first-order valence-electron chi connectivity index (χ1n) is 12.8. The van der Waals surface area contributed by atoms with Crippen molar-refractivity contribution in [1.82, 2.24) is 20.1 Å². The molecule has 1 aromatic heterocycles. The Morgan fingerprint density at radius 3 is 2.51 bits per heavy atom. The number of nitrogens with one attached hydrogen (secondary N) is 2. The number of carbonyl (C=O) groups is 1.